The molecule has 0 radical (unpaired) electrons. The second kappa shape index (κ2) is 4.07. The quantitative estimate of drug-likeness (QED) is 0.621. The Kier molecular flexibility index (Phi) is 3.34. The SMILES string of the molecule is CCC1OCC(C)CNC1C. The van der Waals surface area contributed by atoms with Crippen molar-refractivity contribution in [2.75, 3.05) is 13.2 Å². The third kappa shape index (κ3) is 2.46. The van der Waals surface area contributed by atoms with Crippen LogP contribution in [0.15, 0.2) is 0 Å². The molecule has 66 valence electrons. The second-order valence-electron chi connectivity index (χ2n) is 3.58. The fourth-order valence-corrected chi connectivity index (χ4v) is 1.48. The highest BCUT2D eigenvalue weighted by Gasteiger charge is 2.20. The average Bonchev–Trinajstić information content (AvgIpc) is 2.15. The lowest BCUT2D eigenvalue weighted by Crippen LogP contribution is -2.36. The van der Waals surface area contributed by atoms with Crippen molar-refractivity contribution in [2.45, 2.75) is 39.3 Å². The number of nitrogens with one attached hydrogen (secondary N) is 1. The van der Waals surface area contributed by atoms with Gasteiger partial charge in [0.05, 0.1) is 12.7 Å². The molecule has 0 bridgehead atoms. The molecule has 1 heterocycles. The molecular weight excluding hydrogens is 138 g/mol. The van der Waals surface area contributed by atoms with Gasteiger partial charge in [-0.15, -0.1) is 0 Å². The zero-order valence-electron chi connectivity index (χ0n) is 7.76. The largest absolute Gasteiger partial charge is 0.376 e. The van der Waals surface area contributed by atoms with Gasteiger partial charge in [-0.1, -0.05) is 13.8 Å². The van der Waals surface area contributed by atoms with E-state index in [1.807, 2.05) is 0 Å². The maximum Gasteiger partial charge on any atom is 0.0722 e. The zero-order chi connectivity index (χ0) is 8.27. The Morgan fingerprint density at radius 1 is 1.45 bits per heavy atom. The first-order valence-corrected chi connectivity index (χ1v) is 4.59. The normalized spacial score (nSPS) is 40.1. The first-order valence-electron chi connectivity index (χ1n) is 4.59. The molecule has 1 aliphatic heterocycles. The molecule has 1 aliphatic rings. The Hall–Kier alpha value is -0.0800. The molecule has 0 saturated carbocycles. The van der Waals surface area contributed by atoms with E-state index in [9.17, 15) is 0 Å². The van der Waals surface area contributed by atoms with Gasteiger partial charge in [-0.2, -0.15) is 0 Å². The average molecular weight is 157 g/mol. The second-order valence-corrected chi connectivity index (χ2v) is 3.58. The topological polar surface area (TPSA) is 21.3 Å². The molecule has 1 rings (SSSR count). The number of hydrogen-bond acceptors (Lipinski definition) is 2. The van der Waals surface area contributed by atoms with Gasteiger partial charge in [0, 0.05) is 12.6 Å². The summed E-state index contributed by atoms with van der Waals surface area (Å²) in [4.78, 5) is 0. The highest BCUT2D eigenvalue weighted by Crippen LogP contribution is 2.10. The molecule has 1 saturated heterocycles. The van der Waals surface area contributed by atoms with Gasteiger partial charge in [-0.25, -0.2) is 0 Å². The summed E-state index contributed by atoms with van der Waals surface area (Å²) < 4.78 is 5.71. The number of ether oxygens (including phenoxy) is 1. The van der Waals surface area contributed by atoms with Gasteiger partial charge in [0.1, 0.15) is 0 Å². The summed E-state index contributed by atoms with van der Waals surface area (Å²) in [5.41, 5.74) is 0. The van der Waals surface area contributed by atoms with E-state index in [4.69, 9.17) is 4.74 Å². The smallest absolute Gasteiger partial charge is 0.0722 e. The van der Waals surface area contributed by atoms with Crippen LogP contribution in [-0.2, 0) is 4.74 Å². The molecular formula is C9H19NO. The van der Waals surface area contributed by atoms with Crippen LogP contribution in [0.5, 0.6) is 0 Å². The minimum absolute atomic E-state index is 0.417. The van der Waals surface area contributed by atoms with Crippen LogP contribution in [-0.4, -0.2) is 25.3 Å². The fraction of sp³-hybridized carbons (Fsp3) is 1.00. The Labute approximate surface area is 69.3 Å². The first kappa shape index (κ1) is 9.01. The Morgan fingerprint density at radius 3 is 2.82 bits per heavy atom. The van der Waals surface area contributed by atoms with Crippen molar-refractivity contribution in [1.29, 1.82) is 0 Å². The zero-order valence-corrected chi connectivity index (χ0v) is 7.76. The van der Waals surface area contributed by atoms with E-state index in [0.29, 0.717) is 18.1 Å². The number of hydrogen-bond donors (Lipinski definition) is 1. The Balaban J connectivity index is 2.41. The minimum Gasteiger partial charge on any atom is -0.376 e. The van der Waals surface area contributed by atoms with Gasteiger partial charge in [-0.3, -0.25) is 0 Å². The van der Waals surface area contributed by atoms with Crippen molar-refractivity contribution in [2.24, 2.45) is 5.92 Å². The molecule has 1 N–H and O–H groups in total. The molecule has 2 heteroatoms. The maximum atomic E-state index is 5.71. The summed E-state index contributed by atoms with van der Waals surface area (Å²) in [5.74, 6) is 0.661. The first-order chi connectivity index (χ1) is 5.24. The summed E-state index contributed by atoms with van der Waals surface area (Å²) in [6.07, 6.45) is 1.53. The molecule has 0 aliphatic carbocycles. The summed E-state index contributed by atoms with van der Waals surface area (Å²) in [6.45, 7) is 8.61. The Bertz CT molecular complexity index is 116. The molecule has 11 heavy (non-hydrogen) atoms. The standard InChI is InChI=1S/C9H19NO/c1-4-9-8(3)10-5-7(2)6-11-9/h7-10H,4-6H2,1-3H3. The van der Waals surface area contributed by atoms with E-state index in [0.717, 1.165) is 19.6 Å². The summed E-state index contributed by atoms with van der Waals surface area (Å²) >= 11 is 0. The van der Waals surface area contributed by atoms with Crippen molar-refractivity contribution in [1.82, 2.24) is 5.32 Å². The molecule has 3 unspecified atom stereocenters. The van der Waals surface area contributed by atoms with Gasteiger partial charge in [0.15, 0.2) is 0 Å². The van der Waals surface area contributed by atoms with E-state index in [-0.39, 0.29) is 0 Å². The summed E-state index contributed by atoms with van der Waals surface area (Å²) in [7, 11) is 0. The molecule has 0 amide bonds. The van der Waals surface area contributed by atoms with Crippen LogP contribution >= 0.6 is 0 Å². The highest BCUT2D eigenvalue weighted by atomic mass is 16.5. The van der Waals surface area contributed by atoms with E-state index >= 15 is 0 Å². The monoisotopic (exact) mass is 157 g/mol. The molecule has 1 fully saturated rings. The summed E-state index contributed by atoms with van der Waals surface area (Å²) in [6, 6.07) is 0.518. The maximum absolute atomic E-state index is 5.71. The molecule has 3 atom stereocenters. The highest BCUT2D eigenvalue weighted by molar-refractivity contribution is 4.76. The van der Waals surface area contributed by atoms with Crippen molar-refractivity contribution in [3.05, 3.63) is 0 Å². The predicted molar refractivity (Wildman–Crippen MR) is 46.7 cm³/mol. The van der Waals surface area contributed by atoms with Gasteiger partial charge < -0.3 is 10.1 Å². The third-order valence-electron chi connectivity index (χ3n) is 2.34. The molecule has 0 aromatic carbocycles. The lowest BCUT2D eigenvalue weighted by atomic mass is 10.1. The minimum atomic E-state index is 0.417. The lowest BCUT2D eigenvalue weighted by Gasteiger charge is -2.19. The predicted octanol–water partition coefficient (Wildman–Crippen LogP) is 1.41. The molecule has 0 spiro atoms. The molecule has 2 nitrogen and oxygen atoms in total. The van der Waals surface area contributed by atoms with Gasteiger partial charge in [0.2, 0.25) is 0 Å². The van der Waals surface area contributed by atoms with E-state index in [1.165, 1.54) is 0 Å². The van der Waals surface area contributed by atoms with Crippen LogP contribution in [0.1, 0.15) is 27.2 Å². The lowest BCUT2D eigenvalue weighted by molar-refractivity contribution is 0.0325. The number of rotatable bonds is 1. The van der Waals surface area contributed by atoms with Gasteiger partial charge in [0.25, 0.3) is 0 Å². The van der Waals surface area contributed by atoms with Crippen molar-refractivity contribution < 1.29 is 4.74 Å². The molecule has 0 aromatic rings. The van der Waals surface area contributed by atoms with Crippen LogP contribution in [0.25, 0.3) is 0 Å². The molecule has 0 aromatic heterocycles. The van der Waals surface area contributed by atoms with E-state index in [2.05, 4.69) is 26.1 Å². The van der Waals surface area contributed by atoms with Crippen LogP contribution in [0.4, 0.5) is 0 Å². The van der Waals surface area contributed by atoms with E-state index < -0.39 is 0 Å². The third-order valence-corrected chi connectivity index (χ3v) is 2.34. The van der Waals surface area contributed by atoms with Crippen LogP contribution in [0.3, 0.4) is 0 Å². The van der Waals surface area contributed by atoms with Crippen LogP contribution in [0.2, 0.25) is 0 Å². The van der Waals surface area contributed by atoms with Crippen LogP contribution < -0.4 is 5.32 Å². The van der Waals surface area contributed by atoms with E-state index in [1.54, 1.807) is 0 Å². The Morgan fingerprint density at radius 2 is 2.18 bits per heavy atom. The fourth-order valence-electron chi connectivity index (χ4n) is 1.48. The van der Waals surface area contributed by atoms with Crippen molar-refractivity contribution in [3.63, 3.8) is 0 Å². The van der Waals surface area contributed by atoms with Crippen molar-refractivity contribution >= 4 is 0 Å². The van der Waals surface area contributed by atoms with Crippen molar-refractivity contribution in [3.8, 4) is 0 Å². The van der Waals surface area contributed by atoms with Gasteiger partial charge in [-0.05, 0) is 19.3 Å². The van der Waals surface area contributed by atoms with Gasteiger partial charge >= 0.3 is 0 Å². The summed E-state index contributed by atoms with van der Waals surface area (Å²) in [5, 5.41) is 3.47. The van der Waals surface area contributed by atoms with Crippen LogP contribution in [0, 0.1) is 5.92 Å².